The Balaban J connectivity index is 1.38. The standard InChI is InChI=1S/C34H23NS/c1-3-9-24(10-4-1)25-15-18-28(19-16-25)35(27-11-5-2-6-12-27)29-20-21-30-26(23-29)17-22-33-34(30)31-13-7-8-14-32(31)36-33/h1-23H. The van der Waals surface area contributed by atoms with E-state index in [2.05, 4.69) is 144 Å². The van der Waals surface area contributed by atoms with E-state index < -0.39 is 0 Å². The van der Waals surface area contributed by atoms with Gasteiger partial charge in [-0.2, -0.15) is 0 Å². The van der Waals surface area contributed by atoms with Crippen LogP contribution in [0.5, 0.6) is 0 Å². The number of benzene rings is 6. The molecule has 0 fully saturated rings. The molecule has 0 aliphatic carbocycles. The molecule has 1 nitrogen and oxygen atoms in total. The molecular formula is C34H23NS. The molecule has 0 unspecified atom stereocenters. The van der Waals surface area contributed by atoms with Gasteiger partial charge >= 0.3 is 0 Å². The van der Waals surface area contributed by atoms with E-state index >= 15 is 0 Å². The molecule has 7 rings (SSSR count). The summed E-state index contributed by atoms with van der Waals surface area (Å²) in [5, 5.41) is 5.26. The highest BCUT2D eigenvalue weighted by Crippen LogP contribution is 2.41. The summed E-state index contributed by atoms with van der Waals surface area (Å²) >= 11 is 1.87. The second-order valence-electron chi connectivity index (χ2n) is 9.03. The Hall–Kier alpha value is -4.40. The van der Waals surface area contributed by atoms with Crippen molar-refractivity contribution in [3.63, 3.8) is 0 Å². The van der Waals surface area contributed by atoms with E-state index in [9.17, 15) is 0 Å². The van der Waals surface area contributed by atoms with Crippen LogP contribution in [0.2, 0.25) is 0 Å². The zero-order chi connectivity index (χ0) is 23.9. The minimum absolute atomic E-state index is 1.14. The predicted octanol–water partition coefficient (Wildman–Crippen LogP) is 10.3. The van der Waals surface area contributed by atoms with Crippen molar-refractivity contribution >= 4 is 59.3 Å². The Morgan fingerprint density at radius 3 is 1.86 bits per heavy atom. The number of nitrogens with zero attached hydrogens (tertiary/aromatic N) is 1. The van der Waals surface area contributed by atoms with E-state index in [1.807, 2.05) is 11.3 Å². The third-order valence-electron chi connectivity index (χ3n) is 6.85. The molecule has 0 aliphatic heterocycles. The summed E-state index contributed by atoms with van der Waals surface area (Å²) in [6.45, 7) is 0. The second kappa shape index (κ2) is 8.67. The molecule has 0 aliphatic rings. The first-order valence-corrected chi connectivity index (χ1v) is 13.0. The van der Waals surface area contributed by atoms with E-state index in [0.29, 0.717) is 0 Å². The summed E-state index contributed by atoms with van der Waals surface area (Å²) in [6.07, 6.45) is 0. The summed E-state index contributed by atoms with van der Waals surface area (Å²) in [5.41, 5.74) is 5.89. The average molecular weight is 478 g/mol. The average Bonchev–Trinajstić information content (AvgIpc) is 3.34. The van der Waals surface area contributed by atoms with Crippen LogP contribution in [0.25, 0.3) is 42.1 Å². The van der Waals surface area contributed by atoms with Gasteiger partial charge in [-0.15, -0.1) is 11.3 Å². The fraction of sp³-hybridized carbons (Fsp3) is 0. The van der Waals surface area contributed by atoms with Crippen molar-refractivity contribution in [3.8, 4) is 11.1 Å². The van der Waals surface area contributed by atoms with Gasteiger partial charge < -0.3 is 4.90 Å². The predicted molar refractivity (Wildman–Crippen MR) is 157 cm³/mol. The van der Waals surface area contributed by atoms with Crippen LogP contribution in [0.4, 0.5) is 17.1 Å². The number of rotatable bonds is 4. The summed E-state index contributed by atoms with van der Waals surface area (Å²) in [6, 6.07) is 50.1. The van der Waals surface area contributed by atoms with Crippen molar-refractivity contribution in [3.05, 3.63) is 140 Å². The molecule has 0 spiro atoms. The Kier molecular flexibility index (Phi) is 5.04. The number of hydrogen-bond acceptors (Lipinski definition) is 2. The third kappa shape index (κ3) is 3.55. The van der Waals surface area contributed by atoms with Crippen molar-refractivity contribution < 1.29 is 0 Å². The van der Waals surface area contributed by atoms with Crippen LogP contribution in [0, 0.1) is 0 Å². The first-order valence-electron chi connectivity index (χ1n) is 12.2. The van der Waals surface area contributed by atoms with Gasteiger partial charge in [0.1, 0.15) is 0 Å². The Morgan fingerprint density at radius 2 is 1.06 bits per heavy atom. The molecule has 0 radical (unpaired) electrons. The summed E-state index contributed by atoms with van der Waals surface area (Å²) in [4.78, 5) is 2.34. The van der Waals surface area contributed by atoms with Gasteiger partial charge in [-0.25, -0.2) is 0 Å². The minimum Gasteiger partial charge on any atom is -0.310 e. The van der Waals surface area contributed by atoms with Crippen LogP contribution >= 0.6 is 11.3 Å². The van der Waals surface area contributed by atoms with Gasteiger partial charge in [0.05, 0.1) is 0 Å². The fourth-order valence-corrected chi connectivity index (χ4v) is 6.26. The maximum atomic E-state index is 2.34. The third-order valence-corrected chi connectivity index (χ3v) is 7.98. The lowest BCUT2D eigenvalue weighted by Crippen LogP contribution is -2.09. The molecular weight excluding hydrogens is 454 g/mol. The number of thiophene rings is 1. The van der Waals surface area contributed by atoms with Gasteiger partial charge in [0.15, 0.2) is 0 Å². The Labute approximate surface area is 214 Å². The second-order valence-corrected chi connectivity index (χ2v) is 10.1. The highest BCUT2D eigenvalue weighted by atomic mass is 32.1. The molecule has 0 bridgehead atoms. The van der Waals surface area contributed by atoms with Crippen molar-refractivity contribution in [2.24, 2.45) is 0 Å². The zero-order valence-electron chi connectivity index (χ0n) is 19.6. The molecule has 1 aromatic heterocycles. The zero-order valence-corrected chi connectivity index (χ0v) is 20.5. The van der Waals surface area contributed by atoms with Crippen LogP contribution < -0.4 is 4.90 Å². The highest BCUT2D eigenvalue weighted by Gasteiger charge is 2.15. The molecule has 0 saturated carbocycles. The SMILES string of the molecule is c1ccc(-c2ccc(N(c3ccccc3)c3ccc4c(ccc5sc6ccccc6c54)c3)cc2)cc1. The van der Waals surface area contributed by atoms with Gasteiger partial charge in [-0.05, 0) is 70.4 Å². The Morgan fingerprint density at radius 1 is 0.417 bits per heavy atom. The number of hydrogen-bond donors (Lipinski definition) is 0. The van der Waals surface area contributed by atoms with Gasteiger partial charge in [0.25, 0.3) is 0 Å². The number of fused-ring (bicyclic) bond motifs is 5. The van der Waals surface area contributed by atoms with E-state index in [1.54, 1.807) is 0 Å². The number of anilines is 3. The first-order chi connectivity index (χ1) is 17.8. The van der Waals surface area contributed by atoms with Crippen LogP contribution in [-0.4, -0.2) is 0 Å². The highest BCUT2D eigenvalue weighted by molar-refractivity contribution is 7.26. The van der Waals surface area contributed by atoms with Crippen LogP contribution in [0.1, 0.15) is 0 Å². The van der Waals surface area contributed by atoms with Crippen molar-refractivity contribution in [2.75, 3.05) is 4.90 Å². The minimum atomic E-state index is 1.14. The van der Waals surface area contributed by atoms with Crippen LogP contribution in [0.15, 0.2) is 140 Å². The molecule has 6 aromatic carbocycles. The van der Waals surface area contributed by atoms with E-state index in [4.69, 9.17) is 0 Å². The smallest absolute Gasteiger partial charge is 0.0468 e. The quantitative estimate of drug-likeness (QED) is 0.244. The molecule has 0 amide bonds. The van der Waals surface area contributed by atoms with Crippen LogP contribution in [-0.2, 0) is 0 Å². The summed E-state index contributed by atoms with van der Waals surface area (Å²) in [7, 11) is 0. The summed E-state index contributed by atoms with van der Waals surface area (Å²) in [5.74, 6) is 0. The van der Waals surface area contributed by atoms with Gasteiger partial charge in [0, 0.05) is 37.2 Å². The maximum absolute atomic E-state index is 2.34. The summed E-state index contributed by atoms with van der Waals surface area (Å²) < 4.78 is 2.68. The molecule has 0 saturated heterocycles. The van der Waals surface area contributed by atoms with Crippen molar-refractivity contribution in [2.45, 2.75) is 0 Å². The molecule has 36 heavy (non-hydrogen) atoms. The van der Waals surface area contributed by atoms with E-state index in [1.165, 1.54) is 42.1 Å². The molecule has 0 N–H and O–H groups in total. The van der Waals surface area contributed by atoms with Crippen molar-refractivity contribution in [1.82, 2.24) is 0 Å². The monoisotopic (exact) mass is 477 g/mol. The Bertz CT molecular complexity index is 1820. The normalized spacial score (nSPS) is 11.3. The maximum Gasteiger partial charge on any atom is 0.0468 e. The largest absolute Gasteiger partial charge is 0.310 e. The molecule has 0 atom stereocenters. The molecule has 2 heteroatoms. The van der Waals surface area contributed by atoms with Crippen molar-refractivity contribution in [1.29, 1.82) is 0 Å². The van der Waals surface area contributed by atoms with Crippen LogP contribution in [0.3, 0.4) is 0 Å². The fourth-order valence-electron chi connectivity index (χ4n) is 5.14. The number of para-hydroxylation sites is 1. The lowest BCUT2D eigenvalue weighted by atomic mass is 10.0. The molecule has 1 heterocycles. The molecule has 170 valence electrons. The van der Waals surface area contributed by atoms with E-state index in [0.717, 1.165) is 17.1 Å². The lowest BCUT2D eigenvalue weighted by Gasteiger charge is -2.26. The van der Waals surface area contributed by atoms with Gasteiger partial charge in [-0.3, -0.25) is 0 Å². The topological polar surface area (TPSA) is 3.24 Å². The van der Waals surface area contributed by atoms with Gasteiger partial charge in [-0.1, -0.05) is 91.0 Å². The molecule has 7 aromatic rings. The van der Waals surface area contributed by atoms with Gasteiger partial charge in [0.2, 0.25) is 0 Å². The van der Waals surface area contributed by atoms with E-state index in [-0.39, 0.29) is 0 Å². The first kappa shape index (κ1) is 20.9. The lowest BCUT2D eigenvalue weighted by molar-refractivity contribution is 1.29.